The largest absolute Gasteiger partial charge is 0.466 e. The molecule has 0 bridgehead atoms. The number of methoxy groups -OCH3 is 1. The number of ketones is 1. The number of halogens is 4. The van der Waals surface area contributed by atoms with E-state index in [-0.39, 0.29) is 16.7 Å². The van der Waals surface area contributed by atoms with Gasteiger partial charge in [0, 0.05) is 23.9 Å². The molecule has 0 saturated carbocycles. The van der Waals surface area contributed by atoms with Gasteiger partial charge in [-0.15, -0.1) is 0 Å². The van der Waals surface area contributed by atoms with Crippen LogP contribution in [0.4, 0.5) is 13.2 Å². The van der Waals surface area contributed by atoms with E-state index in [0.29, 0.717) is 0 Å². The number of alkyl halides is 3. The van der Waals surface area contributed by atoms with Gasteiger partial charge in [-0.05, 0) is 17.7 Å². The molecule has 0 aromatic heterocycles. The van der Waals surface area contributed by atoms with E-state index in [1.807, 2.05) is 0 Å². The van der Waals surface area contributed by atoms with Crippen LogP contribution in [0.1, 0.15) is 17.0 Å². The minimum atomic E-state index is -4.71. The molecule has 1 aliphatic rings. The fraction of sp³-hybridized carbons (Fsp3) is 0.250. The maximum absolute atomic E-state index is 13.1. The van der Waals surface area contributed by atoms with Gasteiger partial charge in [0.1, 0.15) is 6.61 Å². The number of carbonyl (C=O) groups excluding carboxylic acids is 2. The third-order valence-corrected chi connectivity index (χ3v) is 3.95. The molecular weight excluding hydrogens is 363 g/mol. The van der Waals surface area contributed by atoms with Crippen LogP contribution in [-0.2, 0) is 20.5 Å². The molecule has 0 amide bonds. The van der Waals surface area contributed by atoms with Gasteiger partial charge in [-0.25, -0.2) is 4.79 Å². The fourth-order valence-corrected chi connectivity index (χ4v) is 2.71. The number of Topliss-reactive ketones (excluding diaryl/α,β-unsaturated/α-hetero) is 1. The predicted octanol–water partition coefficient (Wildman–Crippen LogP) is 2.55. The first-order valence-corrected chi connectivity index (χ1v) is 7.33. The van der Waals surface area contributed by atoms with E-state index in [1.54, 1.807) is 0 Å². The van der Waals surface area contributed by atoms with Crippen LogP contribution in [-0.4, -0.2) is 30.6 Å². The van der Waals surface area contributed by atoms with E-state index in [9.17, 15) is 22.8 Å². The molecule has 1 aliphatic heterocycles. The van der Waals surface area contributed by atoms with Crippen LogP contribution in [0.2, 0.25) is 5.02 Å². The van der Waals surface area contributed by atoms with Crippen molar-refractivity contribution in [2.24, 2.45) is 0 Å². The number of benzene rings is 1. The summed E-state index contributed by atoms with van der Waals surface area (Å²) in [6.07, 6.45) is -2.26. The average Bonchev–Trinajstić information content (AvgIpc) is 2.59. The molecule has 2 rings (SSSR count). The number of nitrogens with one attached hydrogen (secondary N) is 1. The van der Waals surface area contributed by atoms with Crippen LogP contribution in [0.3, 0.4) is 0 Å². The van der Waals surface area contributed by atoms with E-state index >= 15 is 0 Å². The number of esters is 1. The number of ether oxygens (including phenoxy) is 1. The Balaban J connectivity index is 2.62. The van der Waals surface area contributed by atoms with E-state index in [1.165, 1.54) is 18.5 Å². The van der Waals surface area contributed by atoms with Crippen LogP contribution in [0.5, 0.6) is 0 Å². The van der Waals surface area contributed by atoms with Crippen molar-refractivity contribution in [3.63, 3.8) is 0 Å². The minimum Gasteiger partial charge on any atom is -0.466 e. The smallest absolute Gasteiger partial charge is 0.417 e. The maximum atomic E-state index is 13.1. The van der Waals surface area contributed by atoms with Crippen molar-refractivity contribution in [2.45, 2.75) is 12.1 Å². The Bertz CT molecular complexity index is 739. The second kappa shape index (κ2) is 7.28. The summed E-state index contributed by atoms with van der Waals surface area (Å²) in [5, 5.41) is 11.2. The molecule has 9 heteroatoms. The van der Waals surface area contributed by atoms with Crippen LogP contribution in [0, 0.1) is 0 Å². The lowest BCUT2D eigenvalue weighted by Gasteiger charge is -2.25. The van der Waals surface area contributed by atoms with Crippen LogP contribution < -0.4 is 5.32 Å². The summed E-state index contributed by atoms with van der Waals surface area (Å²) < 4.78 is 44.0. The second-order valence-corrected chi connectivity index (χ2v) is 5.52. The van der Waals surface area contributed by atoms with E-state index in [4.69, 9.17) is 16.7 Å². The van der Waals surface area contributed by atoms with E-state index in [0.717, 1.165) is 19.2 Å². The molecule has 0 radical (unpaired) electrons. The Morgan fingerprint density at radius 3 is 2.48 bits per heavy atom. The number of aliphatic hydroxyl groups is 1. The highest BCUT2D eigenvalue weighted by molar-refractivity contribution is 6.31. The first kappa shape index (κ1) is 19.0. The van der Waals surface area contributed by atoms with Gasteiger partial charge in [-0.2, -0.15) is 13.2 Å². The fourth-order valence-electron chi connectivity index (χ4n) is 2.48. The number of hydrogen-bond donors (Lipinski definition) is 2. The molecule has 0 spiro atoms. The van der Waals surface area contributed by atoms with Gasteiger partial charge in [0.05, 0.1) is 23.3 Å². The maximum Gasteiger partial charge on any atom is 0.417 e. The Morgan fingerprint density at radius 2 is 1.92 bits per heavy atom. The molecule has 1 atom stereocenters. The van der Waals surface area contributed by atoms with Gasteiger partial charge in [0.2, 0.25) is 0 Å². The highest BCUT2D eigenvalue weighted by Crippen LogP contribution is 2.40. The number of dihydropyridines is 1. The molecule has 1 aromatic carbocycles. The highest BCUT2D eigenvalue weighted by Gasteiger charge is 2.37. The normalized spacial score (nSPS) is 17.3. The lowest BCUT2D eigenvalue weighted by molar-refractivity contribution is -0.137. The zero-order valence-electron chi connectivity index (χ0n) is 12.9. The zero-order valence-corrected chi connectivity index (χ0v) is 13.6. The van der Waals surface area contributed by atoms with Crippen LogP contribution >= 0.6 is 11.6 Å². The minimum absolute atomic E-state index is 0.0166. The van der Waals surface area contributed by atoms with Crippen molar-refractivity contribution in [3.05, 3.63) is 57.9 Å². The van der Waals surface area contributed by atoms with Crippen molar-refractivity contribution in [3.8, 4) is 0 Å². The van der Waals surface area contributed by atoms with Gasteiger partial charge in [-0.1, -0.05) is 17.7 Å². The summed E-state index contributed by atoms with van der Waals surface area (Å²) in [7, 11) is 1.11. The van der Waals surface area contributed by atoms with Crippen molar-refractivity contribution in [2.75, 3.05) is 13.7 Å². The third-order valence-electron chi connectivity index (χ3n) is 3.62. The molecular formula is C16H13ClF3NO4. The Morgan fingerprint density at radius 1 is 1.28 bits per heavy atom. The number of aliphatic hydroxyl groups excluding tert-OH is 1. The van der Waals surface area contributed by atoms with Crippen LogP contribution in [0.25, 0.3) is 0 Å². The molecule has 0 aliphatic carbocycles. The number of rotatable bonds is 4. The Labute approximate surface area is 145 Å². The van der Waals surface area contributed by atoms with Crippen molar-refractivity contribution in [1.29, 1.82) is 0 Å². The molecule has 25 heavy (non-hydrogen) atoms. The first-order valence-electron chi connectivity index (χ1n) is 6.96. The van der Waals surface area contributed by atoms with Crippen molar-refractivity contribution >= 4 is 23.4 Å². The summed E-state index contributed by atoms with van der Waals surface area (Å²) in [4.78, 5) is 23.9. The highest BCUT2D eigenvalue weighted by atomic mass is 35.5. The monoisotopic (exact) mass is 375 g/mol. The first-order chi connectivity index (χ1) is 11.7. The summed E-state index contributed by atoms with van der Waals surface area (Å²) >= 11 is 5.61. The quantitative estimate of drug-likeness (QED) is 0.791. The van der Waals surface area contributed by atoms with Gasteiger partial charge in [-0.3, -0.25) is 4.79 Å². The average molecular weight is 376 g/mol. The van der Waals surface area contributed by atoms with Gasteiger partial charge < -0.3 is 15.2 Å². The Hall–Kier alpha value is -2.32. The Kier molecular flexibility index (Phi) is 5.54. The second-order valence-electron chi connectivity index (χ2n) is 5.11. The van der Waals surface area contributed by atoms with Gasteiger partial charge >= 0.3 is 12.1 Å². The lowest BCUT2D eigenvalue weighted by atomic mass is 9.81. The van der Waals surface area contributed by atoms with Crippen LogP contribution in [0.15, 0.2) is 41.7 Å². The summed E-state index contributed by atoms with van der Waals surface area (Å²) in [5.74, 6) is -2.69. The third kappa shape index (κ3) is 3.85. The molecule has 1 aromatic rings. The SMILES string of the molecule is COC(=O)C1=CNC=C(C(=O)CO)C1c1ccc(Cl)c(C(F)(F)F)c1. The van der Waals surface area contributed by atoms with Crippen molar-refractivity contribution < 1.29 is 32.6 Å². The predicted molar refractivity (Wildman–Crippen MR) is 82.6 cm³/mol. The standard InChI is InChI=1S/C16H13ClF3NO4/c1-25-15(24)10-6-21-5-9(13(23)7-22)14(10)8-2-3-12(17)11(4-8)16(18,19)20/h2-6,14,21-22H,7H2,1H3. The molecule has 2 N–H and O–H groups in total. The molecule has 134 valence electrons. The molecule has 0 fully saturated rings. The summed E-state index contributed by atoms with van der Waals surface area (Å²) in [6.45, 7) is -0.863. The number of hydrogen-bond acceptors (Lipinski definition) is 5. The van der Waals surface area contributed by atoms with E-state index < -0.39 is 41.0 Å². The summed E-state index contributed by atoms with van der Waals surface area (Å²) in [5.41, 5.74) is -1.22. The number of carbonyl (C=O) groups is 2. The van der Waals surface area contributed by atoms with Crippen molar-refractivity contribution in [1.82, 2.24) is 5.32 Å². The summed E-state index contributed by atoms with van der Waals surface area (Å²) in [6, 6.07) is 3.09. The molecule has 1 heterocycles. The molecule has 5 nitrogen and oxygen atoms in total. The topological polar surface area (TPSA) is 75.6 Å². The van der Waals surface area contributed by atoms with Gasteiger partial charge in [0.25, 0.3) is 0 Å². The zero-order chi connectivity index (χ0) is 18.8. The van der Waals surface area contributed by atoms with E-state index in [2.05, 4.69) is 10.1 Å². The lowest BCUT2D eigenvalue weighted by Crippen LogP contribution is -2.27. The van der Waals surface area contributed by atoms with Gasteiger partial charge in [0.15, 0.2) is 5.78 Å². The molecule has 0 saturated heterocycles. The molecule has 1 unspecified atom stereocenters.